The highest BCUT2D eigenvalue weighted by atomic mass is 32.1. The minimum absolute atomic E-state index is 0.330. The highest BCUT2D eigenvalue weighted by molar-refractivity contribution is 7.78. The van der Waals surface area contributed by atoms with Crippen molar-refractivity contribution in [3.05, 3.63) is 0 Å². The van der Waals surface area contributed by atoms with Crippen LogP contribution < -0.4 is 0 Å². The smallest absolute Gasteiger partial charge is 0.262 e. The molecule has 0 aromatic carbocycles. The van der Waals surface area contributed by atoms with Gasteiger partial charge >= 0.3 is 7.82 Å². The Bertz CT molecular complexity index is 364. The Morgan fingerprint density at radius 3 is 1.35 bits per heavy atom. The third-order valence-corrected chi connectivity index (χ3v) is 2.72. The van der Waals surface area contributed by atoms with Gasteiger partial charge in [0.2, 0.25) is 0 Å². The quantitative estimate of drug-likeness (QED) is 0.367. The predicted molar refractivity (Wildman–Crippen MR) is 70.5 cm³/mol. The number of thiocarbonyl (C=S) groups is 3. The Morgan fingerprint density at radius 2 is 1.12 bits per heavy atom. The largest absolute Gasteiger partial charge is 0.480 e. The van der Waals surface area contributed by atoms with E-state index >= 15 is 0 Å². The lowest BCUT2D eigenvalue weighted by Gasteiger charge is -2.13. The molecular weight excluding hydrogens is 305 g/mol. The van der Waals surface area contributed by atoms with Crippen LogP contribution in [0.4, 0.5) is 0 Å². The Hall–Kier alpha value is -0.490. The van der Waals surface area contributed by atoms with Gasteiger partial charge in [-0.3, -0.25) is 13.6 Å². The van der Waals surface area contributed by atoms with E-state index in [-0.39, 0.29) is 20.2 Å². The Balaban J connectivity index is 4.42. The van der Waals surface area contributed by atoms with Crippen LogP contribution in [-0.4, -0.2) is 35.7 Å². The van der Waals surface area contributed by atoms with E-state index in [0.29, 0.717) is 0 Å². The third-order valence-electron chi connectivity index (χ3n) is 1.03. The van der Waals surface area contributed by atoms with Crippen molar-refractivity contribution >= 4 is 60.0 Å². The summed E-state index contributed by atoms with van der Waals surface area (Å²) in [4.78, 5) is 10.2. The van der Waals surface area contributed by atoms with Crippen LogP contribution in [0, 0.1) is 0 Å². The molecule has 0 heterocycles. The fourth-order valence-corrected chi connectivity index (χ4v) is 1.47. The second-order valence-corrected chi connectivity index (χ2v) is 4.19. The van der Waals surface area contributed by atoms with Crippen LogP contribution in [0.1, 0.15) is 0 Å². The number of hydrogen-bond donors (Lipinski definition) is 0. The molecule has 7 nitrogen and oxygen atoms in total. The van der Waals surface area contributed by atoms with E-state index in [1.807, 2.05) is 15.5 Å². The van der Waals surface area contributed by atoms with Crippen LogP contribution >= 0.6 is 44.5 Å². The molecule has 0 radical (unpaired) electrons. The lowest BCUT2D eigenvalue weighted by atomic mass is 11.3. The van der Waals surface area contributed by atoms with Gasteiger partial charge in [-0.15, -0.1) is 0 Å². The minimum Gasteiger partial charge on any atom is -0.262 e. The van der Waals surface area contributed by atoms with Crippen molar-refractivity contribution in [2.45, 2.75) is 0 Å². The molecule has 92 valence electrons. The lowest BCUT2D eigenvalue weighted by Crippen LogP contribution is -2.01. The van der Waals surface area contributed by atoms with Crippen LogP contribution in [0.2, 0.25) is 0 Å². The summed E-state index contributed by atoms with van der Waals surface area (Å²) in [7, 11) is -3.85. The normalized spacial score (nSPS) is 12.5. The number of rotatable bonds is 9. The number of hydrogen-bond acceptors (Lipinski definition) is 10. The second kappa shape index (κ2) is 10.7. The first-order chi connectivity index (χ1) is 8.18. The monoisotopic (exact) mass is 311 g/mol. The fourth-order valence-electron chi connectivity index (χ4n) is 0.490. The zero-order valence-corrected chi connectivity index (χ0v) is 11.6. The molecule has 0 saturated carbocycles. The molecule has 0 aliphatic heterocycles. The van der Waals surface area contributed by atoms with Gasteiger partial charge in [-0.05, 0) is 36.7 Å². The number of isothiocyanates is 3. The van der Waals surface area contributed by atoms with E-state index in [4.69, 9.17) is 13.6 Å². The summed E-state index contributed by atoms with van der Waals surface area (Å²) < 4.78 is 26.0. The van der Waals surface area contributed by atoms with Crippen LogP contribution in [0.5, 0.6) is 0 Å². The molecule has 0 aromatic rings. The third kappa shape index (κ3) is 9.23. The molecule has 0 saturated heterocycles. The maximum atomic E-state index is 11.8. The number of nitrogens with zero attached hydrogens (tertiary/aromatic N) is 3. The van der Waals surface area contributed by atoms with Crippen LogP contribution in [0.15, 0.2) is 15.0 Å². The summed E-state index contributed by atoms with van der Waals surface area (Å²) in [5.74, 6) is 0. The van der Waals surface area contributed by atoms with E-state index in [9.17, 15) is 4.57 Å². The highest BCUT2D eigenvalue weighted by Gasteiger charge is 2.26. The first kappa shape index (κ1) is 16.5. The van der Waals surface area contributed by atoms with E-state index in [1.165, 1.54) is 0 Å². The fraction of sp³-hybridized carbons (Fsp3) is 0.500. The van der Waals surface area contributed by atoms with Gasteiger partial charge in [-0.2, -0.15) is 0 Å². The van der Waals surface area contributed by atoms with Gasteiger partial charge < -0.3 is 0 Å². The molecule has 0 unspecified atom stereocenters. The van der Waals surface area contributed by atoms with Crippen molar-refractivity contribution in [3.8, 4) is 0 Å². The van der Waals surface area contributed by atoms with Gasteiger partial charge in [0.15, 0.2) is 20.2 Å². The minimum atomic E-state index is -3.85. The Morgan fingerprint density at radius 1 is 0.824 bits per heavy atom. The SMILES string of the molecule is O=P(OCN=C=S)(OCN=C=S)OCN=C=S. The average molecular weight is 311 g/mol. The molecule has 0 spiro atoms. The first-order valence-electron chi connectivity index (χ1n) is 3.83. The zero-order valence-electron chi connectivity index (χ0n) is 8.27. The molecule has 0 bridgehead atoms. The summed E-state index contributed by atoms with van der Waals surface area (Å²) in [6.45, 7) is -0.990. The second-order valence-electron chi connectivity index (χ2n) is 1.97. The molecule has 0 aliphatic carbocycles. The molecule has 0 atom stereocenters. The van der Waals surface area contributed by atoms with Crippen molar-refractivity contribution in [1.82, 2.24) is 0 Å². The van der Waals surface area contributed by atoms with E-state index in [0.717, 1.165) is 0 Å². The number of phosphoric ester groups is 1. The van der Waals surface area contributed by atoms with Gasteiger partial charge in [0.1, 0.15) is 0 Å². The van der Waals surface area contributed by atoms with Gasteiger partial charge in [0.05, 0.1) is 15.5 Å². The van der Waals surface area contributed by atoms with Crippen LogP contribution in [0.25, 0.3) is 0 Å². The summed E-state index contributed by atoms with van der Waals surface area (Å²) in [6.07, 6.45) is 0. The molecule has 0 fully saturated rings. The Labute approximate surface area is 113 Å². The zero-order chi connectivity index (χ0) is 13.0. The molecule has 0 N–H and O–H groups in total. The number of phosphoric acid groups is 1. The Kier molecular flexibility index (Phi) is 10.3. The first-order valence-corrected chi connectivity index (χ1v) is 6.51. The maximum Gasteiger partial charge on any atom is 0.480 e. The molecule has 17 heavy (non-hydrogen) atoms. The topological polar surface area (TPSA) is 81.8 Å². The van der Waals surface area contributed by atoms with E-state index in [2.05, 4.69) is 51.6 Å². The summed E-state index contributed by atoms with van der Waals surface area (Å²) in [5.41, 5.74) is 0. The molecule has 0 aliphatic rings. The summed E-state index contributed by atoms with van der Waals surface area (Å²) in [5, 5.41) is 6.06. The van der Waals surface area contributed by atoms with E-state index < -0.39 is 7.82 Å². The summed E-state index contributed by atoms with van der Waals surface area (Å²) in [6, 6.07) is 0. The van der Waals surface area contributed by atoms with Crippen LogP contribution in [-0.2, 0) is 18.1 Å². The van der Waals surface area contributed by atoms with Crippen molar-refractivity contribution in [2.24, 2.45) is 15.0 Å². The van der Waals surface area contributed by atoms with Gasteiger partial charge in [0, 0.05) is 0 Å². The predicted octanol–water partition coefficient (Wildman–Crippen LogP) is 2.33. The van der Waals surface area contributed by atoms with Crippen molar-refractivity contribution in [3.63, 3.8) is 0 Å². The number of aliphatic imine (C=N–C) groups is 3. The molecule has 0 rings (SSSR count). The van der Waals surface area contributed by atoms with Crippen molar-refractivity contribution in [2.75, 3.05) is 20.2 Å². The average Bonchev–Trinajstić information content (AvgIpc) is 2.30. The van der Waals surface area contributed by atoms with Gasteiger partial charge in [-0.25, -0.2) is 19.5 Å². The molecule has 0 aromatic heterocycles. The molecule has 0 amide bonds. The lowest BCUT2D eigenvalue weighted by molar-refractivity contribution is 0.121. The molecular formula is C6H6N3O4PS3. The standard InChI is InChI=1S/C6H6N3O4PS3/c10-14(11-1-7-4-15,12-2-8-5-16)13-3-9-6-17/h1-3H2. The molecule has 11 heteroatoms. The van der Waals surface area contributed by atoms with Crippen molar-refractivity contribution < 1.29 is 18.1 Å². The highest BCUT2D eigenvalue weighted by Crippen LogP contribution is 2.49. The van der Waals surface area contributed by atoms with Gasteiger partial charge in [0.25, 0.3) is 0 Å². The maximum absolute atomic E-state index is 11.8. The van der Waals surface area contributed by atoms with Crippen LogP contribution in [0.3, 0.4) is 0 Å². The van der Waals surface area contributed by atoms with Crippen molar-refractivity contribution in [1.29, 1.82) is 0 Å². The van der Waals surface area contributed by atoms with Gasteiger partial charge in [-0.1, -0.05) is 0 Å². The van der Waals surface area contributed by atoms with E-state index in [1.54, 1.807) is 0 Å². The summed E-state index contributed by atoms with van der Waals surface area (Å²) >= 11 is 12.9.